The van der Waals surface area contributed by atoms with Crippen LogP contribution in [0, 0.1) is 0 Å². The van der Waals surface area contributed by atoms with Crippen molar-refractivity contribution in [2.24, 2.45) is 0 Å². The topological polar surface area (TPSA) is 90.9 Å². The van der Waals surface area contributed by atoms with Crippen LogP contribution in [0.15, 0.2) is 30.3 Å². The van der Waals surface area contributed by atoms with Crippen LogP contribution >= 0.6 is 0 Å². The van der Waals surface area contributed by atoms with Gasteiger partial charge in [0, 0.05) is 18.7 Å². The van der Waals surface area contributed by atoms with Gasteiger partial charge in [0.25, 0.3) is 0 Å². The molecule has 6 nitrogen and oxygen atoms in total. The van der Waals surface area contributed by atoms with E-state index < -0.39 is 0 Å². The summed E-state index contributed by atoms with van der Waals surface area (Å²) in [4.78, 5) is 15.8. The van der Waals surface area contributed by atoms with E-state index in [1.54, 1.807) is 0 Å². The third kappa shape index (κ3) is 3.89. The number of aromatic nitrogens is 3. The molecule has 2 aromatic rings. The highest BCUT2D eigenvalue weighted by molar-refractivity contribution is 5.77. The number of amides is 1. The van der Waals surface area contributed by atoms with Gasteiger partial charge in [-0.3, -0.25) is 9.89 Å². The molecule has 0 bridgehead atoms. The summed E-state index contributed by atoms with van der Waals surface area (Å²) < 4.78 is 0. The van der Waals surface area contributed by atoms with Gasteiger partial charge in [-0.1, -0.05) is 30.3 Å². The zero-order valence-corrected chi connectivity index (χ0v) is 10.5. The van der Waals surface area contributed by atoms with Crippen molar-refractivity contribution in [3.05, 3.63) is 36.2 Å². The van der Waals surface area contributed by atoms with Crippen molar-refractivity contribution in [1.29, 1.82) is 0 Å². The Balaban J connectivity index is 1.93. The number of aromatic amines is 1. The lowest BCUT2D eigenvalue weighted by Crippen LogP contribution is -2.27. The van der Waals surface area contributed by atoms with E-state index in [9.17, 15) is 4.79 Å². The van der Waals surface area contributed by atoms with E-state index in [0.29, 0.717) is 24.6 Å². The van der Waals surface area contributed by atoms with Crippen molar-refractivity contribution in [1.82, 2.24) is 20.5 Å². The van der Waals surface area contributed by atoms with Crippen LogP contribution in [0.25, 0.3) is 11.4 Å². The van der Waals surface area contributed by atoms with Crippen molar-refractivity contribution in [2.75, 3.05) is 13.2 Å². The summed E-state index contributed by atoms with van der Waals surface area (Å²) in [5, 5.41) is 18.1. The summed E-state index contributed by atoms with van der Waals surface area (Å²) in [6.07, 6.45) is 0.711. The van der Waals surface area contributed by atoms with Crippen LogP contribution in [0.1, 0.15) is 12.2 Å². The molecule has 19 heavy (non-hydrogen) atoms. The number of H-pyrrole nitrogens is 1. The summed E-state index contributed by atoms with van der Waals surface area (Å²) in [6.45, 7) is 0.537. The highest BCUT2D eigenvalue weighted by Gasteiger charge is 2.09. The molecule has 1 aromatic carbocycles. The third-order valence-corrected chi connectivity index (χ3v) is 2.55. The zero-order valence-electron chi connectivity index (χ0n) is 10.5. The second-order valence-electron chi connectivity index (χ2n) is 4.08. The number of aliphatic hydroxyl groups is 1. The van der Waals surface area contributed by atoms with E-state index in [1.165, 1.54) is 0 Å². The van der Waals surface area contributed by atoms with Gasteiger partial charge >= 0.3 is 0 Å². The number of rotatable bonds is 6. The molecule has 1 heterocycles. The summed E-state index contributed by atoms with van der Waals surface area (Å²) in [5.41, 5.74) is 0.908. The van der Waals surface area contributed by atoms with E-state index in [2.05, 4.69) is 20.5 Å². The Bertz CT molecular complexity index is 524. The molecule has 0 spiro atoms. The first-order valence-electron chi connectivity index (χ1n) is 6.14. The number of carbonyl (C=O) groups excluding carboxylic acids is 1. The lowest BCUT2D eigenvalue weighted by molar-refractivity contribution is -0.120. The third-order valence-electron chi connectivity index (χ3n) is 2.55. The highest BCUT2D eigenvalue weighted by atomic mass is 16.3. The summed E-state index contributed by atoms with van der Waals surface area (Å²) >= 11 is 0. The van der Waals surface area contributed by atoms with Crippen molar-refractivity contribution < 1.29 is 9.90 Å². The fourth-order valence-corrected chi connectivity index (χ4v) is 1.61. The van der Waals surface area contributed by atoms with Crippen LogP contribution in [0.2, 0.25) is 0 Å². The van der Waals surface area contributed by atoms with E-state index in [-0.39, 0.29) is 18.9 Å². The van der Waals surface area contributed by atoms with Crippen LogP contribution in [-0.4, -0.2) is 39.3 Å². The number of benzene rings is 1. The molecule has 2 rings (SSSR count). The predicted molar refractivity (Wildman–Crippen MR) is 70.2 cm³/mol. The normalized spacial score (nSPS) is 10.4. The number of hydrogen-bond donors (Lipinski definition) is 3. The predicted octanol–water partition coefficient (Wildman–Crippen LogP) is 0.513. The molecular formula is C13H16N4O2. The summed E-state index contributed by atoms with van der Waals surface area (Å²) in [5.74, 6) is 0.975. The molecule has 0 aliphatic rings. The quantitative estimate of drug-likeness (QED) is 0.660. The van der Waals surface area contributed by atoms with E-state index in [1.807, 2.05) is 30.3 Å². The first-order valence-corrected chi connectivity index (χ1v) is 6.14. The smallest absolute Gasteiger partial charge is 0.227 e. The molecular weight excluding hydrogens is 244 g/mol. The molecule has 0 saturated carbocycles. The fourth-order valence-electron chi connectivity index (χ4n) is 1.61. The summed E-state index contributed by atoms with van der Waals surface area (Å²) in [6, 6.07) is 9.56. The monoisotopic (exact) mass is 260 g/mol. The average Bonchev–Trinajstić information content (AvgIpc) is 2.88. The fraction of sp³-hybridized carbons (Fsp3) is 0.308. The maximum absolute atomic E-state index is 11.6. The van der Waals surface area contributed by atoms with Gasteiger partial charge in [0.1, 0.15) is 5.82 Å². The first-order chi connectivity index (χ1) is 9.29. The maximum Gasteiger partial charge on any atom is 0.227 e. The number of nitrogens with one attached hydrogen (secondary N) is 2. The van der Waals surface area contributed by atoms with Gasteiger partial charge in [-0.05, 0) is 6.42 Å². The Morgan fingerprint density at radius 1 is 1.32 bits per heavy atom. The van der Waals surface area contributed by atoms with Gasteiger partial charge in [-0.25, -0.2) is 4.98 Å². The second-order valence-corrected chi connectivity index (χ2v) is 4.08. The van der Waals surface area contributed by atoms with E-state index >= 15 is 0 Å². The van der Waals surface area contributed by atoms with Gasteiger partial charge in [0.2, 0.25) is 5.91 Å². The number of hydrogen-bond acceptors (Lipinski definition) is 4. The molecule has 0 atom stereocenters. The standard InChI is InChI=1S/C13H16N4O2/c18-8-4-7-14-12(19)9-11-15-13(17-16-11)10-5-2-1-3-6-10/h1-3,5-6,18H,4,7-9H2,(H,14,19)(H,15,16,17). The summed E-state index contributed by atoms with van der Waals surface area (Å²) in [7, 11) is 0. The Kier molecular flexibility index (Phi) is 4.63. The molecule has 1 amide bonds. The Labute approximate surface area is 110 Å². The Morgan fingerprint density at radius 3 is 2.84 bits per heavy atom. The molecule has 0 radical (unpaired) electrons. The Morgan fingerprint density at radius 2 is 2.11 bits per heavy atom. The highest BCUT2D eigenvalue weighted by Crippen LogP contribution is 2.13. The molecule has 3 N–H and O–H groups in total. The largest absolute Gasteiger partial charge is 0.396 e. The lowest BCUT2D eigenvalue weighted by Gasteiger charge is -2.01. The molecule has 0 fully saturated rings. The molecule has 1 aromatic heterocycles. The van der Waals surface area contributed by atoms with Crippen LogP contribution in [0.3, 0.4) is 0 Å². The molecule has 6 heteroatoms. The minimum Gasteiger partial charge on any atom is -0.396 e. The molecule has 0 aliphatic heterocycles. The lowest BCUT2D eigenvalue weighted by atomic mass is 10.2. The van der Waals surface area contributed by atoms with Crippen LogP contribution in [-0.2, 0) is 11.2 Å². The Hall–Kier alpha value is -2.21. The molecule has 0 unspecified atom stereocenters. The molecule has 0 aliphatic carbocycles. The van der Waals surface area contributed by atoms with Gasteiger partial charge < -0.3 is 10.4 Å². The minimum atomic E-state index is -0.135. The molecule has 100 valence electrons. The van der Waals surface area contributed by atoms with Gasteiger partial charge in [0.05, 0.1) is 6.42 Å². The SMILES string of the molecule is O=C(Cc1nc(-c2ccccc2)n[nH]1)NCCCO. The van der Waals surface area contributed by atoms with Crippen LogP contribution in [0.5, 0.6) is 0 Å². The van der Waals surface area contributed by atoms with Crippen molar-refractivity contribution >= 4 is 5.91 Å². The van der Waals surface area contributed by atoms with Gasteiger partial charge in [-0.15, -0.1) is 0 Å². The zero-order chi connectivity index (χ0) is 13.5. The maximum atomic E-state index is 11.6. The van der Waals surface area contributed by atoms with E-state index in [0.717, 1.165) is 5.56 Å². The average molecular weight is 260 g/mol. The second kappa shape index (κ2) is 6.65. The number of aliphatic hydroxyl groups excluding tert-OH is 1. The van der Waals surface area contributed by atoms with E-state index in [4.69, 9.17) is 5.11 Å². The van der Waals surface area contributed by atoms with Gasteiger partial charge in [-0.2, -0.15) is 5.10 Å². The minimum absolute atomic E-state index is 0.0702. The van der Waals surface area contributed by atoms with Crippen LogP contribution in [0.4, 0.5) is 0 Å². The molecule has 0 saturated heterocycles. The van der Waals surface area contributed by atoms with Crippen molar-refractivity contribution in [3.8, 4) is 11.4 Å². The van der Waals surface area contributed by atoms with Crippen molar-refractivity contribution in [3.63, 3.8) is 0 Å². The van der Waals surface area contributed by atoms with Gasteiger partial charge in [0.15, 0.2) is 5.82 Å². The van der Waals surface area contributed by atoms with Crippen LogP contribution < -0.4 is 5.32 Å². The first kappa shape index (κ1) is 13.2. The number of nitrogens with zero attached hydrogens (tertiary/aromatic N) is 2. The van der Waals surface area contributed by atoms with Crippen molar-refractivity contribution in [2.45, 2.75) is 12.8 Å². The number of carbonyl (C=O) groups is 1.